The lowest BCUT2D eigenvalue weighted by Crippen LogP contribution is -2.21. The van der Waals surface area contributed by atoms with Crippen molar-refractivity contribution in [2.45, 2.75) is 19.1 Å². The van der Waals surface area contributed by atoms with Crippen LogP contribution in [0.1, 0.15) is 18.5 Å². The number of ketones is 1. The first-order chi connectivity index (χ1) is 7.91. The number of nitrogens with one attached hydrogen (secondary N) is 1. The summed E-state index contributed by atoms with van der Waals surface area (Å²) in [7, 11) is 0. The molecular formula is C12H12F3NO. The molecular weight excluding hydrogens is 231 g/mol. The number of carbonyl (C=O) groups excluding carboxylic acids is 1. The molecule has 0 aliphatic heterocycles. The summed E-state index contributed by atoms with van der Waals surface area (Å²) in [5.41, 5.74) is 0.927. The van der Waals surface area contributed by atoms with Gasteiger partial charge in [0.1, 0.15) is 0 Å². The zero-order chi connectivity index (χ0) is 12.9. The van der Waals surface area contributed by atoms with Gasteiger partial charge in [0, 0.05) is 18.3 Å². The van der Waals surface area contributed by atoms with Gasteiger partial charge in [0.15, 0.2) is 0 Å². The summed E-state index contributed by atoms with van der Waals surface area (Å²) in [6.45, 7) is 1.79. The van der Waals surface area contributed by atoms with Crippen LogP contribution in [-0.2, 0) is 4.79 Å². The van der Waals surface area contributed by atoms with Gasteiger partial charge in [-0.25, -0.2) is 0 Å². The molecule has 1 aromatic rings. The highest BCUT2D eigenvalue weighted by molar-refractivity contribution is 5.94. The molecule has 0 spiro atoms. The Bertz CT molecular complexity index is 398. The van der Waals surface area contributed by atoms with E-state index in [4.69, 9.17) is 0 Å². The minimum atomic E-state index is -4.81. The minimum Gasteiger partial charge on any atom is -0.384 e. The topological polar surface area (TPSA) is 29.1 Å². The van der Waals surface area contributed by atoms with Gasteiger partial charge in [-0.15, -0.1) is 0 Å². The molecule has 1 rings (SSSR count). The fourth-order valence-electron chi connectivity index (χ4n) is 1.20. The SMILES string of the molecule is C[C@@H](N/C=C/C(=O)C(F)(F)F)c1ccccc1. The Balaban J connectivity index is 2.52. The third kappa shape index (κ3) is 4.30. The largest absolute Gasteiger partial charge is 0.454 e. The summed E-state index contributed by atoms with van der Waals surface area (Å²) in [5.74, 6) is -1.87. The molecule has 0 unspecified atom stereocenters. The van der Waals surface area contributed by atoms with Crippen LogP contribution in [-0.4, -0.2) is 12.0 Å². The number of halogens is 3. The summed E-state index contributed by atoms with van der Waals surface area (Å²) in [6.07, 6.45) is -3.30. The number of allylic oxidation sites excluding steroid dienone is 1. The van der Waals surface area contributed by atoms with Crippen LogP contribution in [0.3, 0.4) is 0 Å². The fraction of sp³-hybridized carbons (Fsp3) is 0.250. The Hall–Kier alpha value is -1.78. The average Bonchev–Trinajstić information content (AvgIpc) is 2.28. The lowest BCUT2D eigenvalue weighted by Gasteiger charge is -2.11. The van der Waals surface area contributed by atoms with Gasteiger partial charge in [0.05, 0.1) is 0 Å². The first kappa shape index (κ1) is 13.3. The van der Waals surface area contributed by atoms with E-state index in [1.165, 1.54) is 0 Å². The van der Waals surface area contributed by atoms with Crippen LogP contribution in [0.5, 0.6) is 0 Å². The van der Waals surface area contributed by atoms with E-state index in [0.29, 0.717) is 6.08 Å². The van der Waals surface area contributed by atoms with E-state index in [1.54, 1.807) is 6.92 Å². The second kappa shape index (κ2) is 5.52. The molecule has 0 bridgehead atoms. The van der Waals surface area contributed by atoms with Crippen molar-refractivity contribution in [3.05, 3.63) is 48.2 Å². The molecule has 0 saturated heterocycles. The van der Waals surface area contributed by atoms with Crippen molar-refractivity contribution in [3.63, 3.8) is 0 Å². The molecule has 0 saturated carbocycles. The van der Waals surface area contributed by atoms with Gasteiger partial charge in [-0.05, 0) is 12.5 Å². The second-order valence-electron chi connectivity index (χ2n) is 3.49. The highest BCUT2D eigenvalue weighted by Crippen LogP contribution is 2.16. The molecule has 0 aliphatic rings. The van der Waals surface area contributed by atoms with Crippen molar-refractivity contribution in [2.75, 3.05) is 0 Å². The average molecular weight is 243 g/mol. The zero-order valence-electron chi connectivity index (χ0n) is 9.16. The number of alkyl halides is 3. The first-order valence-electron chi connectivity index (χ1n) is 5.00. The van der Waals surface area contributed by atoms with Crippen LogP contribution < -0.4 is 5.32 Å². The fourth-order valence-corrected chi connectivity index (χ4v) is 1.20. The predicted octanol–water partition coefficient (Wildman–Crippen LogP) is 2.98. The molecule has 1 aromatic carbocycles. The Morgan fingerprint density at radius 1 is 1.29 bits per heavy atom. The van der Waals surface area contributed by atoms with Gasteiger partial charge in [-0.1, -0.05) is 30.3 Å². The van der Waals surface area contributed by atoms with Crippen LogP contribution in [0.15, 0.2) is 42.6 Å². The quantitative estimate of drug-likeness (QED) is 0.824. The molecule has 0 aliphatic carbocycles. The molecule has 1 atom stereocenters. The second-order valence-corrected chi connectivity index (χ2v) is 3.49. The molecule has 0 heterocycles. The zero-order valence-corrected chi connectivity index (χ0v) is 9.16. The molecule has 17 heavy (non-hydrogen) atoms. The number of benzene rings is 1. The molecule has 0 fully saturated rings. The van der Waals surface area contributed by atoms with Gasteiger partial charge >= 0.3 is 6.18 Å². The van der Waals surface area contributed by atoms with Crippen LogP contribution in [0, 0.1) is 0 Å². The monoisotopic (exact) mass is 243 g/mol. The maximum atomic E-state index is 11.9. The van der Waals surface area contributed by atoms with Gasteiger partial charge in [-0.2, -0.15) is 13.2 Å². The number of hydrogen-bond donors (Lipinski definition) is 1. The van der Waals surface area contributed by atoms with E-state index >= 15 is 0 Å². The highest BCUT2D eigenvalue weighted by atomic mass is 19.4. The summed E-state index contributed by atoms with van der Waals surface area (Å²) >= 11 is 0. The van der Waals surface area contributed by atoms with Gasteiger partial charge < -0.3 is 5.32 Å². The number of hydrogen-bond acceptors (Lipinski definition) is 2. The summed E-state index contributed by atoms with van der Waals surface area (Å²) < 4.78 is 35.6. The van der Waals surface area contributed by atoms with Gasteiger partial charge in [0.25, 0.3) is 5.78 Å². The van der Waals surface area contributed by atoms with Crippen LogP contribution >= 0.6 is 0 Å². The molecule has 0 radical (unpaired) electrons. The van der Waals surface area contributed by atoms with E-state index < -0.39 is 12.0 Å². The van der Waals surface area contributed by atoms with Crippen LogP contribution in [0.4, 0.5) is 13.2 Å². The molecule has 0 aromatic heterocycles. The molecule has 92 valence electrons. The molecule has 2 nitrogen and oxygen atoms in total. The Morgan fingerprint density at radius 3 is 2.41 bits per heavy atom. The minimum absolute atomic E-state index is 0.159. The predicted molar refractivity (Wildman–Crippen MR) is 58.2 cm³/mol. The van der Waals surface area contributed by atoms with E-state index in [1.807, 2.05) is 30.3 Å². The van der Waals surface area contributed by atoms with Crippen molar-refractivity contribution in [1.29, 1.82) is 0 Å². The van der Waals surface area contributed by atoms with Crippen molar-refractivity contribution in [2.24, 2.45) is 0 Å². The highest BCUT2D eigenvalue weighted by Gasteiger charge is 2.35. The van der Waals surface area contributed by atoms with E-state index in [0.717, 1.165) is 11.8 Å². The number of carbonyl (C=O) groups is 1. The van der Waals surface area contributed by atoms with Crippen LogP contribution in [0.25, 0.3) is 0 Å². The summed E-state index contributed by atoms with van der Waals surface area (Å²) in [4.78, 5) is 10.5. The summed E-state index contributed by atoms with van der Waals surface area (Å²) in [6, 6.07) is 9.04. The standard InChI is InChI=1S/C12H12F3NO/c1-9(10-5-3-2-4-6-10)16-8-7-11(17)12(13,14)15/h2-9,16H,1H3/b8-7+/t9-/m1/s1. The molecule has 0 amide bonds. The number of rotatable bonds is 4. The van der Waals surface area contributed by atoms with Crippen molar-refractivity contribution in [1.82, 2.24) is 5.32 Å². The van der Waals surface area contributed by atoms with Gasteiger partial charge in [0.2, 0.25) is 0 Å². The third-order valence-electron chi connectivity index (χ3n) is 2.16. The van der Waals surface area contributed by atoms with E-state index in [9.17, 15) is 18.0 Å². The third-order valence-corrected chi connectivity index (χ3v) is 2.16. The summed E-state index contributed by atoms with van der Waals surface area (Å²) in [5, 5.41) is 2.70. The maximum absolute atomic E-state index is 11.9. The first-order valence-corrected chi connectivity index (χ1v) is 5.00. The Labute approximate surface area is 97.1 Å². The lowest BCUT2D eigenvalue weighted by atomic mass is 10.1. The molecule has 1 N–H and O–H groups in total. The molecule has 5 heteroatoms. The Kier molecular flexibility index (Phi) is 4.31. The van der Waals surface area contributed by atoms with Gasteiger partial charge in [-0.3, -0.25) is 4.79 Å². The van der Waals surface area contributed by atoms with E-state index in [-0.39, 0.29) is 6.04 Å². The van der Waals surface area contributed by atoms with Crippen LogP contribution in [0.2, 0.25) is 0 Å². The lowest BCUT2D eigenvalue weighted by molar-refractivity contribution is -0.165. The van der Waals surface area contributed by atoms with E-state index in [2.05, 4.69) is 5.32 Å². The van der Waals surface area contributed by atoms with Crippen molar-refractivity contribution >= 4 is 5.78 Å². The Morgan fingerprint density at radius 2 is 1.88 bits per heavy atom. The normalized spacial score (nSPS) is 13.6. The van der Waals surface area contributed by atoms with Crippen molar-refractivity contribution < 1.29 is 18.0 Å². The maximum Gasteiger partial charge on any atom is 0.454 e. The smallest absolute Gasteiger partial charge is 0.384 e. The van der Waals surface area contributed by atoms with Crippen molar-refractivity contribution in [3.8, 4) is 0 Å².